The summed E-state index contributed by atoms with van der Waals surface area (Å²) in [4.78, 5) is 14.1. The van der Waals surface area contributed by atoms with Crippen LogP contribution in [0.3, 0.4) is 0 Å². The van der Waals surface area contributed by atoms with E-state index in [1.807, 2.05) is 30.3 Å². The number of nitrogens with zero attached hydrogens (tertiary/aromatic N) is 1. The van der Waals surface area contributed by atoms with Gasteiger partial charge in [0, 0.05) is 6.54 Å². The minimum absolute atomic E-state index is 0.0315. The van der Waals surface area contributed by atoms with Crippen molar-refractivity contribution in [1.29, 1.82) is 0 Å². The molecule has 2 rings (SSSR count). The molecule has 4 nitrogen and oxygen atoms in total. The lowest BCUT2D eigenvalue weighted by molar-refractivity contribution is -0.137. The minimum atomic E-state index is -0.519. The highest BCUT2D eigenvalue weighted by Crippen LogP contribution is 2.18. The summed E-state index contributed by atoms with van der Waals surface area (Å²) in [5.74, 6) is -0.0393. The number of aliphatic hydroxyl groups excluding tert-OH is 1. The number of benzene rings is 1. The van der Waals surface area contributed by atoms with Crippen molar-refractivity contribution in [1.82, 2.24) is 4.90 Å². The first-order valence-electron chi connectivity index (χ1n) is 6.93. The normalized spacial score (nSPS) is 21.2. The van der Waals surface area contributed by atoms with Crippen molar-refractivity contribution in [3.63, 3.8) is 0 Å². The van der Waals surface area contributed by atoms with Gasteiger partial charge in [0.15, 0.2) is 0 Å². The van der Waals surface area contributed by atoms with E-state index in [0.29, 0.717) is 13.0 Å². The fourth-order valence-electron chi connectivity index (χ4n) is 2.65. The van der Waals surface area contributed by atoms with Crippen molar-refractivity contribution in [2.75, 3.05) is 13.2 Å². The first-order valence-corrected chi connectivity index (χ1v) is 6.93. The van der Waals surface area contributed by atoms with E-state index in [0.717, 1.165) is 24.8 Å². The van der Waals surface area contributed by atoms with Gasteiger partial charge in [-0.05, 0) is 31.2 Å². The van der Waals surface area contributed by atoms with Crippen LogP contribution in [0, 0.1) is 0 Å². The zero-order valence-electron chi connectivity index (χ0n) is 11.2. The summed E-state index contributed by atoms with van der Waals surface area (Å²) in [6, 6.07) is 9.23. The lowest BCUT2D eigenvalue weighted by Crippen LogP contribution is -2.52. The first-order chi connectivity index (χ1) is 9.22. The molecule has 0 saturated carbocycles. The number of likely N-dealkylation sites (tertiary alicyclic amines) is 1. The van der Waals surface area contributed by atoms with Gasteiger partial charge in [0.25, 0.3) is 0 Å². The molecule has 1 saturated heterocycles. The van der Waals surface area contributed by atoms with Crippen molar-refractivity contribution >= 4 is 5.91 Å². The summed E-state index contributed by atoms with van der Waals surface area (Å²) in [5, 5.41) is 9.35. The van der Waals surface area contributed by atoms with E-state index in [4.69, 9.17) is 5.73 Å². The highest BCUT2D eigenvalue weighted by Gasteiger charge is 2.29. The topological polar surface area (TPSA) is 66.6 Å². The number of hydrogen-bond donors (Lipinski definition) is 2. The highest BCUT2D eigenvalue weighted by atomic mass is 16.3. The van der Waals surface area contributed by atoms with Gasteiger partial charge in [-0.2, -0.15) is 0 Å². The SMILES string of the molecule is N[C@H](Cc1ccccc1)C(=O)N1CCCCC1CO. The maximum absolute atomic E-state index is 12.4. The second kappa shape index (κ2) is 6.68. The molecule has 104 valence electrons. The number of aliphatic hydroxyl groups is 1. The molecular formula is C15H22N2O2. The third-order valence-corrected chi connectivity index (χ3v) is 3.74. The Morgan fingerprint density at radius 3 is 2.79 bits per heavy atom. The summed E-state index contributed by atoms with van der Waals surface area (Å²) < 4.78 is 0. The van der Waals surface area contributed by atoms with Crippen molar-refractivity contribution < 1.29 is 9.90 Å². The van der Waals surface area contributed by atoms with Gasteiger partial charge >= 0.3 is 0 Å². The molecule has 1 heterocycles. The average Bonchev–Trinajstić information content (AvgIpc) is 2.47. The van der Waals surface area contributed by atoms with Crippen LogP contribution in [0.25, 0.3) is 0 Å². The molecule has 3 N–H and O–H groups in total. The predicted molar refractivity (Wildman–Crippen MR) is 74.6 cm³/mol. The van der Waals surface area contributed by atoms with Crippen LogP contribution in [0.4, 0.5) is 0 Å². The molecule has 1 aliphatic rings. The monoisotopic (exact) mass is 262 g/mol. The number of piperidine rings is 1. The molecule has 1 amide bonds. The molecule has 1 aromatic carbocycles. The van der Waals surface area contributed by atoms with Crippen LogP contribution in [-0.4, -0.2) is 41.1 Å². The Balaban J connectivity index is 1.98. The number of carbonyl (C=O) groups excluding carboxylic acids is 1. The standard InChI is InChI=1S/C15H22N2O2/c16-14(10-12-6-2-1-3-7-12)15(19)17-9-5-4-8-13(17)11-18/h1-3,6-7,13-14,18H,4-5,8-11,16H2/t13?,14-/m1/s1. The molecule has 0 aliphatic carbocycles. The zero-order valence-corrected chi connectivity index (χ0v) is 11.2. The summed E-state index contributed by atoms with van der Waals surface area (Å²) in [5.41, 5.74) is 7.09. The Hall–Kier alpha value is -1.39. The maximum atomic E-state index is 12.4. The number of nitrogens with two attached hydrogens (primary N) is 1. The molecule has 0 radical (unpaired) electrons. The van der Waals surface area contributed by atoms with Gasteiger partial charge in [-0.3, -0.25) is 4.79 Å². The van der Waals surface area contributed by atoms with Crippen LogP contribution in [0.5, 0.6) is 0 Å². The molecule has 1 aliphatic heterocycles. The van der Waals surface area contributed by atoms with Gasteiger partial charge < -0.3 is 15.7 Å². The smallest absolute Gasteiger partial charge is 0.240 e. The van der Waals surface area contributed by atoms with E-state index in [2.05, 4.69) is 0 Å². The quantitative estimate of drug-likeness (QED) is 0.848. The highest BCUT2D eigenvalue weighted by molar-refractivity contribution is 5.82. The van der Waals surface area contributed by atoms with E-state index in [1.54, 1.807) is 4.90 Å². The number of hydrogen-bond acceptors (Lipinski definition) is 3. The van der Waals surface area contributed by atoms with E-state index in [1.165, 1.54) is 0 Å². The number of rotatable bonds is 4. The van der Waals surface area contributed by atoms with E-state index in [9.17, 15) is 9.90 Å². The van der Waals surface area contributed by atoms with Crippen LogP contribution in [-0.2, 0) is 11.2 Å². The molecule has 0 spiro atoms. The third-order valence-electron chi connectivity index (χ3n) is 3.74. The van der Waals surface area contributed by atoms with E-state index in [-0.39, 0.29) is 18.6 Å². The molecule has 19 heavy (non-hydrogen) atoms. The van der Waals surface area contributed by atoms with Crippen molar-refractivity contribution in [2.24, 2.45) is 5.73 Å². The van der Waals surface area contributed by atoms with Gasteiger partial charge in [-0.15, -0.1) is 0 Å². The van der Waals surface area contributed by atoms with Gasteiger partial charge in [-0.25, -0.2) is 0 Å². The lowest BCUT2D eigenvalue weighted by atomic mass is 9.99. The fraction of sp³-hybridized carbons (Fsp3) is 0.533. The zero-order chi connectivity index (χ0) is 13.7. The van der Waals surface area contributed by atoms with Crippen LogP contribution in [0.15, 0.2) is 30.3 Å². The maximum Gasteiger partial charge on any atom is 0.240 e. The Labute approximate surface area is 114 Å². The third kappa shape index (κ3) is 3.55. The molecule has 4 heteroatoms. The van der Waals surface area contributed by atoms with Crippen molar-refractivity contribution in [3.8, 4) is 0 Å². The number of carbonyl (C=O) groups is 1. The molecule has 1 aromatic rings. The van der Waals surface area contributed by atoms with Crippen molar-refractivity contribution in [2.45, 2.75) is 37.8 Å². The summed E-state index contributed by atoms with van der Waals surface area (Å²) in [6.07, 6.45) is 3.50. The van der Waals surface area contributed by atoms with Gasteiger partial charge in [-0.1, -0.05) is 30.3 Å². The molecule has 0 aromatic heterocycles. The van der Waals surface area contributed by atoms with Crippen LogP contribution in [0.2, 0.25) is 0 Å². The second-order valence-corrected chi connectivity index (χ2v) is 5.16. The molecule has 2 atom stereocenters. The average molecular weight is 262 g/mol. The van der Waals surface area contributed by atoms with E-state index >= 15 is 0 Å². The number of amides is 1. The summed E-state index contributed by atoms with van der Waals surface area (Å²) in [7, 11) is 0. The lowest BCUT2D eigenvalue weighted by Gasteiger charge is -2.36. The summed E-state index contributed by atoms with van der Waals surface area (Å²) >= 11 is 0. The Bertz CT molecular complexity index is 408. The Kier molecular flexibility index (Phi) is 4.93. The fourth-order valence-corrected chi connectivity index (χ4v) is 2.65. The van der Waals surface area contributed by atoms with E-state index < -0.39 is 6.04 Å². The van der Waals surface area contributed by atoms with Gasteiger partial charge in [0.1, 0.15) is 0 Å². The summed E-state index contributed by atoms with van der Waals surface area (Å²) in [6.45, 7) is 0.746. The largest absolute Gasteiger partial charge is 0.394 e. The van der Waals surface area contributed by atoms with Gasteiger partial charge in [0.2, 0.25) is 5.91 Å². The minimum Gasteiger partial charge on any atom is -0.394 e. The van der Waals surface area contributed by atoms with Crippen LogP contribution in [0.1, 0.15) is 24.8 Å². The van der Waals surface area contributed by atoms with Gasteiger partial charge in [0.05, 0.1) is 18.7 Å². The Morgan fingerprint density at radius 2 is 2.11 bits per heavy atom. The van der Waals surface area contributed by atoms with Crippen LogP contribution >= 0.6 is 0 Å². The molecular weight excluding hydrogens is 240 g/mol. The van der Waals surface area contributed by atoms with Crippen LogP contribution < -0.4 is 5.73 Å². The predicted octanol–water partition coefficient (Wildman–Crippen LogP) is 0.930. The Morgan fingerprint density at radius 1 is 1.37 bits per heavy atom. The van der Waals surface area contributed by atoms with Crippen molar-refractivity contribution in [3.05, 3.63) is 35.9 Å². The first kappa shape index (κ1) is 14.0. The molecule has 0 bridgehead atoms. The molecule has 1 unspecified atom stereocenters. The molecule has 1 fully saturated rings. The second-order valence-electron chi connectivity index (χ2n) is 5.16.